The van der Waals surface area contributed by atoms with Gasteiger partial charge in [0.15, 0.2) is 11.7 Å². The molecule has 1 amide bonds. The Kier molecular flexibility index (Phi) is 7.54. The molecule has 0 fully saturated rings. The highest BCUT2D eigenvalue weighted by atomic mass is 19.1. The molecule has 2 aromatic carbocycles. The van der Waals surface area contributed by atoms with Gasteiger partial charge < -0.3 is 14.1 Å². The first-order valence-electron chi connectivity index (χ1n) is 10.1. The third-order valence-corrected chi connectivity index (χ3v) is 4.91. The zero-order valence-corrected chi connectivity index (χ0v) is 17.6. The number of nitrogens with zero attached hydrogens (tertiary/aromatic N) is 2. The number of rotatable bonds is 9. The van der Waals surface area contributed by atoms with E-state index in [9.17, 15) is 14.0 Å². The molecule has 0 aliphatic heterocycles. The number of benzene rings is 2. The summed E-state index contributed by atoms with van der Waals surface area (Å²) in [7, 11) is 1.33. The molecule has 31 heavy (non-hydrogen) atoms. The van der Waals surface area contributed by atoms with E-state index in [-0.39, 0.29) is 31.3 Å². The molecule has 1 aromatic heterocycles. The smallest absolute Gasteiger partial charge is 0.310 e. The van der Waals surface area contributed by atoms with Crippen molar-refractivity contribution in [3.05, 3.63) is 78.1 Å². The van der Waals surface area contributed by atoms with Gasteiger partial charge in [-0.2, -0.15) is 0 Å². The number of aromatic nitrogens is 1. The van der Waals surface area contributed by atoms with E-state index in [1.54, 1.807) is 30.0 Å². The molecule has 0 radical (unpaired) electrons. The molecule has 3 rings (SSSR count). The molecule has 0 aliphatic rings. The second kappa shape index (κ2) is 10.5. The van der Waals surface area contributed by atoms with Crippen molar-refractivity contribution in [1.29, 1.82) is 0 Å². The summed E-state index contributed by atoms with van der Waals surface area (Å²) in [6.07, 6.45) is 1.88. The predicted octanol–water partition coefficient (Wildman–Crippen LogP) is 4.25. The van der Waals surface area contributed by atoms with Gasteiger partial charge in [-0.1, -0.05) is 49.4 Å². The van der Waals surface area contributed by atoms with Gasteiger partial charge in [-0.05, 0) is 17.7 Å². The van der Waals surface area contributed by atoms with Crippen LogP contribution in [0.2, 0.25) is 0 Å². The fourth-order valence-electron chi connectivity index (χ4n) is 3.25. The molecule has 0 aliphatic carbocycles. The van der Waals surface area contributed by atoms with Gasteiger partial charge in [-0.15, -0.1) is 0 Å². The summed E-state index contributed by atoms with van der Waals surface area (Å²) in [6, 6.07) is 15.8. The number of ether oxygens (including phenoxy) is 1. The van der Waals surface area contributed by atoms with Crippen molar-refractivity contribution in [1.82, 2.24) is 9.88 Å². The molecule has 0 N–H and O–H groups in total. The van der Waals surface area contributed by atoms with E-state index >= 15 is 0 Å². The Morgan fingerprint density at radius 2 is 1.84 bits per heavy atom. The standard InChI is InChI=1S/C24H25FN2O4/c1-17(24(29)30-2)15-27(16-18-8-4-3-5-9-18)23(28)13-12-22-26-14-21(31-22)19-10-6-7-11-20(19)25/h3-11,14,17H,12-13,15-16H2,1-2H3. The van der Waals surface area contributed by atoms with Crippen molar-refractivity contribution in [3.63, 3.8) is 0 Å². The number of esters is 1. The molecule has 162 valence electrons. The lowest BCUT2D eigenvalue weighted by atomic mass is 10.1. The number of aryl methyl sites for hydroxylation is 1. The SMILES string of the molecule is COC(=O)C(C)CN(Cc1ccccc1)C(=O)CCc1ncc(-c2ccccc2F)o1. The van der Waals surface area contributed by atoms with Gasteiger partial charge in [0.1, 0.15) is 5.82 Å². The first kappa shape index (κ1) is 22.2. The number of halogens is 1. The van der Waals surface area contributed by atoms with Crippen LogP contribution >= 0.6 is 0 Å². The van der Waals surface area contributed by atoms with Crippen molar-refractivity contribution in [2.75, 3.05) is 13.7 Å². The molecule has 7 heteroatoms. The number of carbonyl (C=O) groups excluding carboxylic acids is 2. The molecule has 0 spiro atoms. The zero-order valence-electron chi connectivity index (χ0n) is 17.6. The van der Waals surface area contributed by atoms with Crippen LogP contribution in [0.5, 0.6) is 0 Å². The van der Waals surface area contributed by atoms with Crippen LogP contribution in [-0.4, -0.2) is 35.4 Å². The minimum absolute atomic E-state index is 0.134. The minimum Gasteiger partial charge on any atom is -0.469 e. The van der Waals surface area contributed by atoms with Crippen molar-refractivity contribution in [2.45, 2.75) is 26.3 Å². The summed E-state index contributed by atoms with van der Waals surface area (Å²) in [5, 5.41) is 0. The number of amides is 1. The molecule has 0 bridgehead atoms. The van der Waals surface area contributed by atoms with Gasteiger partial charge in [0.2, 0.25) is 5.91 Å². The third-order valence-electron chi connectivity index (χ3n) is 4.91. The maximum Gasteiger partial charge on any atom is 0.310 e. The lowest BCUT2D eigenvalue weighted by Crippen LogP contribution is -2.37. The Hall–Kier alpha value is -3.48. The zero-order chi connectivity index (χ0) is 22.2. The normalized spacial score (nSPS) is 11.7. The van der Waals surface area contributed by atoms with Crippen LogP contribution in [0.25, 0.3) is 11.3 Å². The molecule has 0 saturated heterocycles. The summed E-state index contributed by atoms with van der Waals surface area (Å²) in [5.41, 5.74) is 1.29. The van der Waals surface area contributed by atoms with E-state index in [4.69, 9.17) is 9.15 Å². The number of carbonyl (C=O) groups is 2. The highest BCUT2D eigenvalue weighted by Gasteiger charge is 2.22. The number of oxazole rings is 1. The lowest BCUT2D eigenvalue weighted by Gasteiger charge is -2.25. The molecular formula is C24H25FN2O4. The summed E-state index contributed by atoms with van der Waals surface area (Å²) in [6.45, 7) is 2.35. The summed E-state index contributed by atoms with van der Waals surface area (Å²) < 4.78 is 24.4. The van der Waals surface area contributed by atoms with Crippen LogP contribution in [0.1, 0.15) is 24.8 Å². The second-order valence-electron chi connectivity index (χ2n) is 7.28. The number of methoxy groups -OCH3 is 1. The van der Waals surface area contributed by atoms with E-state index in [1.807, 2.05) is 30.3 Å². The topological polar surface area (TPSA) is 72.6 Å². The van der Waals surface area contributed by atoms with Crippen molar-refractivity contribution in [2.24, 2.45) is 5.92 Å². The van der Waals surface area contributed by atoms with E-state index in [1.165, 1.54) is 19.4 Å². The Bertz CT molecular complexity index is 1020. The molecule has 3 aromatic rings. The lowest BCUT2D eigenvalue weighted by molar-refractivity contribution is -0.146. The van der Waals surface area contributed by atoms with Gasteiger partial charge in [-0.3, -0.25) is 9.59 Å². The quantitative estimate of drug-likeness (QED) is 0.480. The molecule has 1 unspecified atom stereocenters. The number of hydrogen-bond donors (Lipinski definition) is 0. The van der Waals surface area contributed by atoms with Crippen molar-refractivity contribution < 1.29 is 23.1 Å². The van der Waals surface area contributed by atoms with Crippen LogP contribution in [0.15, 0.2) is 65.2 Å². The summed E-state index contributed by atoms with van der Waals surface area (Å²) in [5.74, 6) is -0.675. The van der Waals surface area contributed by atoms with Crippen LogP contribution in [0.4, 0.5) is 4.39 Å². The van der Waals surface area contributed by atoms with Gasteiger partial charge in [0, 0.05) is 25.9 Å². The van der Waals surface area contributed by atoms with E-state index in [0.29, 0.717) is 23.8 Å². The van der Waals surface area contributed by atoms with Crippen LogP contribution in [0, 0.1) is 11.7 Å². The van der Waals surface area contributed by atoms with E-state index in [2.05, 4.69) is 4.98 Å². The highest BCUT2D eigenvalue weighted by Crippen LogP contribution is 2.23. The van der Waals surface area contributed by atoms with Crippen molar-refractivity contribution in [3.8, 4) is 11.3 Å². The third kappa shape index (κ3) is 6.01. The van der Waals surface area contributed by atoms with Gasteiger partial charge >= 0.3 is 5.97 Å². The van der Waals surface area contributed by atoms with Crippen LogP contribution in [0.3, 0.4) is 0 Å². The Balaban J connectivity index is 1.67. The fraction of sp³-hybridized carbons (Fsp3) is 0.292. The first-order valence-corrected chi connectivity index (χ1v) is 10.1. The van der Waals surface area contributed by atoms with Gasteiger partial charge in [0.05, 0.1) is 24.8 Å². The maximum absolute atomic E-state index is 13.9. The Morgan fingerprint density at radius 3 is 2.55 bits per heavy atom. The molecule has 0 saturated carbocycles. The molecular weight excluding hydrogens is 399 g/mol. The fourth-order valence-corrected chi connectivity index (χ4v) is 3.25. The van der Waals surface area contributed by atoms with Crippen LogP contribution < -0.4 is 0 Å². The average Bonchev–Trinajstić information content (AvgIpc) is 3.26. The van der Waals surface area contributed by atoms with Gasteiger partial charge in [0.25, 0.3) is 0 Å². The van der Waals surface area contributed by atoms with Crippen LogP contribution in [-0.2, 0) is 27.3 Å². The highest BCUT2D eigenvalue weighted by molar-refractivity contribution is 5.78. The second-order valence-corrected chi connectivity index (χ2v) is 7.28. The first-order chi connectivity index (χ1) is 15.0. The average molecular weight is 424 g/mol. The predicted molar refractivity (Wildman–Crippen MR) is 113 cm³/mol. The molecule has 1 heterocycles. The Labute approximate surface area is 180 Å². The van der Waals surface area contributed by atoms with E-state index in [0.717, 1.165) is 5.56 Å². The van der Waals surface area contributed by atoms with Crippen molar-refractivity contribution >= 4 is 11.9 Å². The maximum atomic E-state index is 13.9. The monoisotopic (exact) mass is 424 g/mol. The number of hydrogen-bond acceptors (Lipinski definition) is 5. The molecule has 6 nitrogen and oxygen atoms in total. The molecule has 1 atom stereocenters. The largest absolute Gasteiger partial charge is 0.469 e. The van der Waals surface area contributed by atoms with Gasteiger partial charge in [-0.25, -0.2) is 9.37 Å². The minimum atomic E-state index is -0.452. The summed E-state index contributed by atoms with van der Waals surface area (Å²) >= 11 is 0. The Morgan fingerprint density at radius 1 is 1.13 bits per heavy atom. The summed E-state index contributed by atoms with van der Waals surface area (Å²) in [4.78, 5) is 30.6. The van der Waals surface area contributed by atoms with E-state index < -0.39 is 11.7 Å².